The molecule has 5 aromatic carbocycles. The molecule has 11 aromatic rings. The molecule has 15 nitrogen and oxygen atoms in total. The maximum Gasteiger partial charge on any atom is 0.339 e. The van der Waals surface area contributed by atoms with Crippen molar-refractivity contribution in [3.63, 3.8) is 0 Å². The minimum absolute atomic E-state index is 0.273. The van der Waals surface area contributed by atoms with Crippen LogP contribution in [0.3, 0.4) is 0 Å². The Labute approximate surface area is 610 Å². The van der Waals surface area contributed by atoms with Crippen molar-refractivity contribution in [3.05, 3.63) is 227 Å². The van der Waals surface area contributed by atoms with Crippen LogP contribution in [-0.4, -0.2) is 83.1 Å². The highest BCUT2D eigenvalue weighted by molar-refractivity contribution is 6.31. The molecule has 0 saturated heterocycles. The Morgan fingerprint density at radius 3 is 1.07 bits per heavy atom. The lowest BCUT2D eigenvalue weighted by molar-refractivity contribution is -0.164. The summed E-state index contributed by atoms with van der Waals surface area (Å²) in [6.07, 6.45) is -3.10. The number of esters is 2. The van der Waals surface area contributed by atoms with Crippen LogP contribution in [0.1, 0.15) is 159 Å². The number of hydrogen-bond acceptors (Lipinski definition) is 11. The van der Waals surface area contributed by atoms with E-state index >= 15 is 0 Å². The van der Waals surface area contributed by atoms with Gasteiger partial charge in [-0.25, -0.2) is 38.1 Å². The van der Waals surface area contributed by atoms with Crippen molar-refractivity contribution in [1.29, 1.82) is 0 Å². The van der Waals surface area contributed by atoms with Crippen LogP contribution in [0.25, 0.3) is 66.5 Å². The van der Waals surface area contributed by atoms with E-state index in [1.165, 1.54) is 38.5 Å². The molecule has 11 rings (SSSR count). The van der Waals surface area contributed by atoms with E-state index in [1.807, 2.05) is 178 Å². The number of carbonyl (C=O) groups excluding carboxylic acids is 2. The Hall–Kier alpha value is -8.81. The lowest BCUT2D eigenvalue weighted by Gasteiger charge is -2.29. The summed E-state index contributed by atoms with van der Waals surface area (Å²) in [4.78, 5) is 56.5. The van der Waals surface area contributed by atoms with Crippen molar-refractivity contribution in [1.82, 2.24) is 29.1 Å². The summed E-state index contributed by atoms with van der Waals surface area (Å²) in [5, 5.41) is 14.8. The summed E-state index contributed by atoms with van der Waals surface area (Å²) in [7, 11) is 2.73. The smallest absolute Gasteiger partial charge is 0.339 e. The van der Waals surface area contributed by atoms with Gasteiger partial charge in [0.25, 0.3) is 0 Å². The number of fused-ring (bicyclic) bond motifs is 3. The van der Waals surface area contributed by atoms with Crippen LogP contribution in [0.15, 0.2) is 121 Å². The topological polar surface area (TPSA) is 182 Å². The highest BCUT2D eigenvalue weighted by atomic mass is 35.5. The Kier molecular flexibility index (Phi) is 23.5. The third-order valence-corrected chi connectivity index (χ3v) is 18.6. The van der Waals surface area contributed by atoms with Gasteiger partial charge in [-0.05, 0) is 230 Å². The summed E-state index contributed by atoms with van der Waals surface area (Å²) in [5.41, 5.74) is 17.5. The Bertz CT molecular complexity index is 4930. The van der Waals surface area contributed by atoms with Crippen molar-refractivity contribution < 1.29 is 52.0 Å². The van der Waals surface area contributed by atoms with Crippen LogP contribution >= 0.6 is 34.8 Å². The molecule has 0 radical (unpaired) electrons. The van der Waals surface area contributed by atoms with Gasteiger partial charge in [-0.3, -0.25) is 0 Å². The number of carboxylic acid groups (broad SMARTS) is 1. The molecule has 536 valence electrons. The van der Waals surface area contributed by atoms with Crippen molar-refractivity contribution in [3.8, 4) is 33.4 Å². The van der Waals surface area contributed by atoms with E-state index in [9.17, 15) is 28.3 Å². The van der Waals surface area contributed by atoms with E-state index < -0.39 is 53.0 Å². The van der Waals surface area contributed by atoms with Gasteiger partial charge in [0.1, 0.15) is 28.6 Å². The fourth-order valence-electron chi connectivity index (χ4n) is 12.8. The molecule has 0 aliphatic heterocycles. The zero-order valence-electron chi connectivity index (χ0n) is 61.5. The molecule has 20 heteroatoms. The van der Waals surface area contributed by atoms with E-state index in [2.05, 4.69) is 21.0 Å². The van der Waals surface area contributed by atoms with Gasteiger partial charge in [0.2, 0.25) is 0 Å². The molecule has 3 unspecified atom stereocenters. The maximum absolute atomic E-state index is 13.5. The van der Waals surface area contributed by atoms with Crippen LogP contribution in [0.2, 0.25) is 15.1 Å². The van der Waals surface area contributed by atoms with Gasteiger partial charge in [0.15, 0.2) is 18.3 Å². The van der Waals surface area contributed by atoms with Gasteiger partial charge in [-0.2, -0.15) is 0 Å². The molecule has 0 aliphatic rings. The van der Waals surface area contributed by atoms with Crippen LogP contribution in [-0.2, 0) is 51.2 Å². The molecule has 2 N–H and O–H groups in total. The van der Waals surface area contributed by atoms with E-state index in [1.54, 1.807) is 36.4 Å². The summed E-state index contributed by atoms with van der Waals surface area (Å²) in [6.45, 7) is 35.8. The highest BCUT2D eigenvalue weighted by Gasteiger charge is 2.38. The minimum atomic E-state index is -1.22. The van der Waals surface area contributed by atoms with Crippen molar-refractivity contribution in [2.24, 2.45) is 0 Å². The van der Waals surface area contributed by atoms with Crippen LogP contribution in [0.4, 0.5) is 8.78 Å². The van der Waals surface area contributed by atoms with E-state index in [-0.39, 0.29) is 11.6 Å². The molecule has 0 fully saturated rings. The molecule has 6 aromatic heterocycles. The second kappa shape index (κ2) is 31.0. The average molecular weight is 1450 g/mol. The molecule has 0 amide bonds. The van der Waals surface area contributed by atoms with Gasteiger partial charge in [-0.1, -0.05) is 95.5 Å². The maximum atomic E-state index is 13.5. The largest absolute Gasteiger partial charge is 0.479 e. The zero-order valence-corrected chi connectivity index (χ0v) is 63.8. The summed E-state index contributed by atoms with van der Waals surface area (Å²) in [5.74, 6) is -2.58. The number of halogens is 5. The number of nitrogens with zero attached hydrogens (tertiary/aromatic N) is 5. The standard InChI is InChI=1S/C30H32ClFN2O3.C29H30ClFN2O3.C23H27ClN2O3/c1-17-19(3)34(16-20-8-14-23(32)15-9-20)28-24(17)26(21-10-12-22(31)13-11-21)25(18(2)33-28)27(29(35)36-7)37-30(4,5)6;1-16-18(3)33(15-19-7-13-22(31)14-8-19)27-23(16)25(20-9-11-21(30)12-10-20)24(17(2)32-27)26(28(34)35)36-29(4,5)6;1-12-13(2)25-21-17(12)19(15-8-10-16(24)11-9-15)18(14(3)26-21)20(22(27)28-7)29-23(4,5)6/h8-15,27H,16H2,1-7H3;7-14,26H,15H2,1-6H3,(H,34,35);8-11,20H,1-7H3,(H,25,26). The number of nitrogens with one attached hydrogen (secondary N) is 1. The minimum Gasteiger partial charge on any atom is -0.479 e. The summed E-state index contributed by atoms with van der Waals surface area (Å²) in [6, 6.07) is 35.4. The number of aryl methyl sites for hydroxylation is 7. The first-order valence-corrected chi connectivity index (χ1v) is 34.6. The molecular formula is C82H89Cl3F2N6O9. The molecule has 3 atom stereocenters. The fraction of sp³-hybridized carbons (Fsp3) is 0.341. The number of rotatable bonds is 16. The van der Waals surface area contributed by atoms with Gasteiger partial charge in [0, 0.05) is 112 Å². The monoisotopic (exact) mass is 1440 g/mol. The predicted molar refractivity (Wildman–Crippen MR) is 403 cm³/mol. The van der Waals surface area contributed by atoms with E-state index in [0.717, 1.165) is 111 Å². The van der Waals surface area contributed by atoms with Crippen molar-refractivity contribution in [2.75, 3.05) is 14.2 Å². The average Bonchev–Trinajstić information content (AvgIpc) is 1.54. The Morgan fingerprint density at radius 2 is 0.755 bits per heavy atom. The van der Waals surface area contributed by atoms with Crippen LogP contribution < -0.4 is 0 Å². The number of ether oxygens (including phenoxy) is 5. The quantitative estimate of drug-likeness (QED) is 0.0875. The zero-order chi connectivity index (χ0) is 74.9. The van der Waals surface area contributed by atoms with Crippen LogP contribution in [0, 0.1) is 73.9 Å². The first-order chi connectivity index (χ1) is 47.8. The molecule has 6 heterocycles. The number of H-pyrrole nitrogens is 1. The summed E-state index contributed by atoms with van der Waals surface area (Å²) < 4.78 is 60.1. The van der Waals surface area contributed by atoms with Gasteiger partial charge in [-0.15, -0.1) is 0 Å². The van der Waals surface area contributed by atoms with Gasteiger partial charge in [0.05, 0.1) is 31.0 Å². The molecule has 102 heavy (non-hydrogen) atoms. The number of carboxylic acids is 1. The van der Waals surface area contributed by atoms with E-state index in [0.29, 0.717) is 61.9 Å². The molecule has 0 spiro atoms. The Morgan fingerprint density at radius 1 is 0.451 bits per heavy atom. The van der Waals surface area contributed by atoms with Crippen molar-refractivity contribution >= 4 is 85.8 Å². The second-order valence-corrected chi connectivity index (χ2v) is 29.8. The molecule has 0 bridgehead atoms. The number of aliphatic carboxylic acids is 1. The SMILES string of the molecule is COC(=O)C(OC(C)(C)C)c1c(C)nc2[nH]c(C)c(C)c2c1-c1ccc(Cl)cc1.COC(=O)C(OC(C)(C)C)c1c(C)nc2c(c(C)c(C)n2Cc2ccc(F)cc2)c1-c1ccc(Cl)cc1.Cc1nc2c(c(C)c(C)n2Cc2ccc(F)cc2)c(-c2ccc(Cl)cc2)c1C(OC(C)(C)C)C(=O)O. The third kappa shape index (κ3) is 17.1. The number of pyridine rings is 3. The molecular weight excluding hydrogens is 1360 g/mol. The lowest BCUT2D eigenvalue weighted by Crippen LogP contribution is -2.29. The fourth-order valence-corrected chi connectivity index (χ4v) is 13.2. The van der Waals surface area contributed by atoms with Crippen molar-refractivity contribution in [2.45, 2.75) is 173 Å². The predicted octanol–water partition coefficient (Wildman–Crippen LogP) is 20.7. The number of methoxy groups -OCH3 is 2. The first-order valence-electron chi connectivity index (χ1n) is 33.5. The highest BCUT2D eigenvalue weighted by Crippen LogP contribution is 2.46. The normalized spacial score (nSPS) is 12.8. The number of aromatic nitrogens is 6. The number of carbonyl (C=O) groups is 3. The molecule has 0 aliphatic carbocycles. The number of hydrogen-bond donors (Lipinski definition) is 2. The second-order valence-electron chi connectivity index (χ2n) is 28.5. The summed E-state index contributed by atoms with van der Waals surface area (Å²) >= 11 is 18.5. The lowest BCUT2D eigenvalue weighted by atomic mass is 9.91. The van der Waals surface area contributed by atoms with E-state index in [4.69, 9.17) is 73.4 Å². The number of aromatic amines is 1. The first kappa shape index (κ1) is 77.4. The third-order valence-electron chi connectivity index (χ3n) is 17.8. The number of benzene rings is 5. The van der Waals surface area contributed by atoms with Gasteiger partial charge < -0.3 is 42.9 Å². The Balaban J connectivity index is 0.000000179. The van der Waals surface area contributed by atoms with Crippen LogP contribution in [0.5, 0.6) is 0 Å². The van der Waals surface area contributed by atoms with Gasteiger partial charge >= 0.3 is 17.9 Å². The molecule has 0 saturated carbocycles.